The van der Waals surface area contributed by atoms with Crippen LogP contribution in [0.5, 0.6) is 5.75 Å². The molecule has 34 heavy (non-hydrogen) atoms. The summed E-state index contributed by atoms with van der Waals surface area (Å²) in [5.41, 5.74) is 0.406. The zero-order valence-electron chi connectivity index (χ0n) is 17.8. The van der Waals surface area contributed by atoms with E-state index < -0.39 is 35.8 Å². The Labute approximate surface area is 190 Å². The third kappa shape index (κ3) is 4.93. The number of aliphatic hydroxyl groups is 1. The lowest BCUT2D eigenvalue weighted by Crippen LogP contribution is -2.48. The first-order valence-electron chi connectivity index (χ1n) is 9.51. The number of halogens is 3. The Morgan fingerprint density at radius 1 is 1.06 bits per heavy atom. The molecule has 0 fully saturated rings. The van der Waals surface area contributed by atoms with Gasteiger partial charge in [0.1, 0.15) is 11.5 Å². The van der Waals surface area contributed by atoms with E-state index in [1.54, 1.807) is 24.3 Å². The maximum absolute atomic E-state index is 12.8. The number of carbonyl (C=O) groups excluding carboxylic acids is 3. The zero-order valence-corrected chi connectivity index (χ0v) is 17.8. The summed E-state index contributed by atoms with van der Waals surface area (Å²) >= 11 is 0. The Balaban J connectivity index is 1.91. The minimum Gasteiger partial charge on any atom is -0.467 e. The van der Waals surface area contributed by atoms with Gasteiger partial charge >= 0.3 is 24.5 Å². The minimum atomic E-state index is -4.93. The van der Waals surface area contributed by atoms with E-state index >= 15 is 0 Å². The highest BCUT2D eigenvalue weighted by Gasteiger charge is 2.49. The normalized spacial score (nSPS) is 18.1. The lowest BCUT2D eigenvalue weighted by Gasteiger charge is -2.22. The van der Waals surface area contributed by atoms with E-state index in [-0.39, 0.29) is 17.8 Å². The van der Waals surface area contributed by atoms with E-state index in [0.29, 0.717) is 16.0 Å². The van der Waals surface area contributed by atoms with Crippen LogP contribution >= 0.6 is 0 Å². The number of anilines is 1. The molecule has 3 rings (SSSR count). The summed E-state index contributed by atoms with van der Waals surface area (Å²) in [5, 5.41) is 14.8. The van der Waals surface area contributed by atoms with E-state index in [0.717, 1.165) is 38.5 Å². The molecule has 2 aromatic rings. The largest absolute Gasteiger partial charge is 0.573 e. The number of imide groups is 1. The quantitative estimate of drug-likeness (QED) is 0.508. The second-order valence-electron chi connectivity index (χ2n) is 6.91. The second-order valence-corrected chi connectivity index (χ2v) is 6.91. The average molecular weight is 481 g/mol. The van der Waals surface area contributed by atoms with E-state index in [4.69, 9.17) is 0 Å². The Kier molecular flexibility index (Phi) is 6.77. The number of fused-ring (bicyclic) bond motifs is 1. The van der Waals surface area contributed by atoms with Crippen LogP contribution in [0.2, 0.25) is 0 Å². The van der Waals surface area contributed by atoms with Gasteiger partial charge in [0.2, 0.25) is 5.60 Å². The first-order chi connectivity index (χ1) is 16.0. The summed E-state index contributed by atoms with van der Waals surface area (Å²) < 4.78 is 50.1. The number of rotatable bonds is 4. The van der Waals surface area contributed by atoms with Gasteiger partial charge in [0.15, 0.2) is 0 Å². The molecule has 0 radical (unpaired) electrons. The molecule has 0 aliphatic heterocycles. The first-order valence-corrected chi connectivity index (χ1v) is 9.51. The van der Waals surface area contributed by atoms with Crippen molar-refractivity contribution in [3.05, 3.63) is 59.7 Å². The zero-order chi connectivity index (χ0) is 25.1. The van der Waals surface area contributed by atoms with E-state index in [9.17, 15) is 32.7 Å². The molecule has 2 N–H and O–H groups in total. The van der Waals surface area contributed by atoms with Crippen molar-refractivity contribution in [2.24, 2.45) is 5.10 Å². The molecule has 180 valence electrons. The molecule has 0 spiro atoms. The number of ether oxygens (including phenoxy) is 3. The molecule has 1 aliphatic carbocycles. The van der Waals surface area contributed by atoms with E-state index in [2.05, 4.69) is 24.7 Å². The van der Waals surface area contributed by atoms with Gasteiger partial charge in [0.05, 0.1) is 19.9 Å². The van der Waals surface area contributed by atoms with Crippen molar-refractivity contribution >= 4 is 29.5 Å². The average Bonchev–Trinajstić information content (AvgIpc) is 3.09. The van der Waals surface area contributed by atoms with Gasteiger partial charge in [-0.2, -0.15) is 10.0 Å². The molecule has 0 bridgehead atoms. The number of esters is 1. The predicted octanol–water partition coefficient (Wildman–Crippen LogP) is 2.73. The topological polar surface area (TPSA) is 127 Å². The standard InChI is InChI=1S/C21H18F3N3O7/c1-32-17(28)20(31)11-12-5-3-4-6-15(12)16(20)25-26-18(29)27(19(30)33-2)13-7-9-14(10-8-13)34-21(22,23)24/h3-10,31H,11H2,1-2H3,(H,26,29). The number of hydrogen-bond acceptors (Lipinski definition) is 8. The molecule has 0 saturated heterocycles. The molecular formula is C21H18F3N3O7. The number of benzene rings is 2. The number of alkyl halides is 3. The highest BCUT2D eigenvalue weighted by atomic mass is 19.4. The van der Waals surface area contributed by atoms with Crippen molar-refractivity contribution in [3.63, 3.8) is 0 Å². The highest BCUT2D eigenvalue weighted by Crippen LogP contribution is 2.32. The SMILES string of the molecule is COC(=O)N(C(=O)NN=C1c2ccccc2CC1(O)C(=O)OC)c1ccc(OC(F)(F)F)cc1. The van der Waals surface area contributed by atoms with Crippen molar-refractivity contribution < 1.29 is 46.9 Å². The van der Waals surface area contributed by atoms with Crippen molar-refractivity contribution in [1.29, 1.82) is 0 Å². The molecule has 2 aromatic carbocycles. The molecule has 1 aliphatic rings. The lowest BCUT2D eigenvalue weighted by molar-refractivity contribution is -0.274. The summed E-state index contributed by atoms with van der Waals surface area (Å²) in [5.74, 6) is -1.59. The number of hydrazone groups is 1. The first kappa shape index (κ1) is 24.5. The minimum absolute atomic E-state index is 0.161. The van der Waals surface area contributed by atoms with Gasteiger partial charge in [-0.25, -0.2) is 19.8 Å². The number of methoxy groups -OCH3 is 2. The van der Waals surface area contributed by atoms with Gasteiger partial charge in [0, 0.05) is 12.0 Å². The molecule has 0 aromatic heterocycles. The molecule has 10 nitrogen and oxygen atoms in total. The summed E-state index contributed by atoms with van der Waals surface area (Å²) in [4.78, 5) is 37.7. The molecule has 1 unspecified atom stereocenters. The maximum Gasteiger partial charge on any atom is 0.573 e. The van der Waals surface area contributed by atoms with Crippen LogP contribution in [0.15, 0.2) is 53.6 Å². The van der Waals surface area contributed by atoms with Crippen LogP contribution in [-0.2, 0) is 20.7 Å². The molecule has 3 amide bonds. The van der Waals surface area contributed by atoms with E-state index in [1.807, 2.05) is 0 Å². The fourth-order valence-electron chi connectivity index (χ4n) is 3.33. The molecule has 0 heterocycles. The summed E-state index contributed by atoms with van der Waals surface area (Å²) in [6, 6.07) is 9.16. The van der Waals surface area contributed by atoms with Gasteiger partial charge < -0.3 is 19.3 Å². The maximum atomic E-state index is 12.8. The number of hydrogen-bond donors (Lipinski definition) is 2. The molecule has 13 heteroatoms. The van der Waals surface area contributed by atoms with Crippen molar-refractivity contribution in [3.8, 4) is 5.75 Å². The predicted molar refractivity (Wildman–Crippen MR) is 110 cm³/mol. The Morgan fingerprint density at radius 3 is 2.29 bits per heavy atom. The van der Waals surface area contributed by atoms with Crippen LogP contribution < -0.4 is 15.1 Å². The van der Waals surface area contributed by atoms with Crippen molar-refractivity contribution in [2.75, 3.05) is 19.1 Å². The third-order valence-electron chi connectivity index (χ3n) is 4.79. The number of nitrogens with one attached hydrogen (secondary N) is 1. The van der Waals surface area contributed by atoms with Gasteiger partial charge in [-0.1, -0.05) is 24.3 Å². The van der Waals surface area contributed by atoms with Crippen LogP contribution in [0.1, 0.15) is 11.1 Å². The van der Waals surface area contributed by atoms with Crippen molar-refractivity contribution in [2.45, 2.75) is 18.4 Å². The fourth-order valence-corrected chi connectivity index (χ4v) is 3.33. The number of urea groups is 1. The third-order valence-corrected chi connectivity index (χ3v) is 4.79. The van der Waals surface area contributed by atoms with Gasteiger partial charge in [-0.05, 0) is 29.8 Å². The second kappa shape index (κ2) is 9.39. The Morgan fingerprint density at radius 2 is 1.71 bits per heavy atom. The highest BCUT2D eigenvalue weighted by molar-refractivity contribution is 6.22. The summed E-state index contributed by atoms with van der Waals surface area (Å²) in [6.07, 6.45) is -6.27. The summed E-state index contributed by atoms with van der Waals surface area (Å²) in [6.45, 7) is 0. The van der Waals surface area contributed by atoms with Gasteiger partial charge in [-0.15, -0.1) is 13.2 Å². The van der Waals surface area contributed by atoms with Crippen LogP contribution in [-0.4, -0.2) is 55.1 Å². The van der Waals surface area contributed by atoms with Crippen LogP contribution in [0.3, 0.4) is 0 Å². The Hall–Kier alpha value is -4.13. The number of nitrogens with zero attached hydrogens (tertiary/aromatic N) is 2. The molecule has 1 atom stereocenters. The fraction of sp³-hybridized carbons (Fsp3) is 0.238. The van der Waals surface area contributed by atoms with Crippen LogP contribution in [0.25, 0.3) is 0 Å². The number of amides is 3. The monoisotopic (exact) mass is 481 g/mol. The Bertz CT molecular complexity index is 1140. The lowest BCUT2D eigenvalue weighted by atomic mass is 9.99. The van der Waals surface area contributed by atoms with Gasteiger partial charge in [-0.3, -0.25) is 0 Å². The number of carbonyl (C=O) groups is 3. The molecule has 0 saturated carbocycles. The molecular weight excluding hydrogens is 463 g/mol. The van der Waals surface area contributed by atoms with Crippen LogP contribution in [0, 0.1) is 0 Å². The smallest absolute Gasteiger partial charge is 0.467 e. The van der Waals surface area contributed by atoms with Crippen molar-refractivity contribution in [1.82, 2.24) is 5.43 Å². The van der Waals surface area contributed by atoms with Crippen LogP contribution in [0.4, 0.5) is 28.4 Å². The van der Waals surface area contributed by atoms with E-state index in [1.165, 1.54) is 0 Å². The van der Waals surface area contributed by atoms with Gasteiger partial charge in [0.25, 0.3) is 0 Å². The summed E-state index contributed by atoms with van der Waals surface area (Å²) in [7, 11) is 2.06.